The molecule has 1 fully saturated rings. The van der Waals surface area contributed by atoms with Gasteiger partial charge in [-0.2, -0.15) is 0 Å². The van der Waals surface area contributed by atoms with Crippen molar-refractivity contribution in [3.63, 3.8) is 0 Å². The summed E-state index contributed by atoms with van der Waals surface area (Å²) >= 11 is 0. The third-order valence-corrected chi connectivity index (χ3v) is 6.60. The molecule has 1 amide bonds. The molecule has 2 aromatic carbocycles. The molecule has 5 rings (SSSR count). The molecule has 3 aromatic rings. The number of ether oxygens (including phenoxy) is 1. The predicted octanol–water partition coefficient (Wildman–Crippen LogP) is 3.86. The zero-order valence-electron chi connectivity index (χ0n) is 18.4. The Balaban J connectivity index is 1.37. The highest BCUT2D eigenvalue weighted by Crippen LogP contribution is 2.34. The summed E-state index contributed by atoms with van der Waals surface area (Å²) in [6.45, 7) is 5.66. The lowest BCUT2D eigenvalue weighted by Gasteiger charge is -2.30. The summed E-state index contributed by atoms with van der Waals surface area (Å²) in [5.41, 5.74) is 4.03. The Labute approximate surface area is 187 Å². The normalized spacial score (nSPS) is 16.4. The summed E-state index contributed by atoms with van der Waals surface area (Å²) < 4.78 is 11.9. The molecule has 0 aliphatic carbocycles. The predicted molar refractivity (Wildman–Crippen MR) is 123 cm³/mol. The maximum atomic E-state index is 12.9. The van der Waals surface area contributed by atoms with Crippen LogP contribution in [-0.2, 0) is 17.8 Å². The van der Waals surface area contributed by atoms with E-state index >= 15 is 0 Å². The molecule has 0 atom stereocenters. The Morgan fingerprint density at radius 1 is 1.03 bits per heavy atom. The van der Waals surface area contributed by atoms with Crippen molar-refractivity contribution in [1.82, 2.24) is 9.80 Å². The quantitative estimate of drug-likeness (QED) is 0.554. The lowest BCUT2D eigenvalue weighted by Crippen LogP contribution is -2.35. The lowest BCUT2D eigenvalue weighted by molar-refractivity contribution is -0.127. The van der Waals surface area contributed by atoms with Crippen LogP contribution in [0.5, 0.6) is 5.75 Å². The summed E-state index contributed by atoms with van der Waals surface area (Å²) in [5.74, 6) is 1.04. The van der Waals surface area contributed by atoms with Crippen molar-refractivity contribution in [3.05, 3.63) is 75.1 Å². The minimum atomic E-state index is -0.281. The second-order valence-corrected chi connectivity index (χ2v) is 8.74. The maximum absolute atomic E-state index is 12.9. The van der Waals surface area contributed by atoms with Gasteiger partial charge in [-0.25, -0.2) is 4.79 Å². The van der Waals surface area contributed by atoms with Crippen molar-refractivity contribution in [2.45, 2.75) is 39.2 Å². The van der Waals surface area contributed by atoms with Gasteiger partial charge >= 0.3 is 5.63 Å². The molecule has 6 nitrogen and oxygen atoms in total. The van der Waals surface area contributed by atoms with Crippen LogP contribution in [0.25, 0.3) is 11.0 Å². The molecular formula is C26H28N2O4. The van der Waals surface area contributed by atoms with Crippen LogP contribution in [0.15, 0.2) is 51.7 Å². The van der Waals surface area contributed by atoms with E-state index < -0.39 is 0 Å². The van der Waals surface area contributed by atoms with E-state index in [9.17, 15) is 9.59 Å². The van der Waals surface area contributed by atoms with Crippen molar-refractivity contribution in [2.75, 3.05) is 26.4 Å². The van der Waals surface area contributed by atoms with E-state index in [4.69, 9.17) is 9.15 Å². The molecule has 0 radical (unpaired) electrons. The van der Waals surface area contributed by atoms with Gasteiger partial charge in [0.15, 0.2) is 0 Å². The second-order valence-electron chi connectivity index (χ2n) is 8.74. The molecule has 0 spiro atoms. The number of likely N-dealkylation sites (tertiary alicyclic amines) is 1. The summed E-state index contributed by atoms with van der Waals surface area (Å²) in [6, 6.07) is 14.0. The fourth-order valence-corrected chi connectivity index (χ4v) is 4.78. The SMILES string of the molecule is Cc1c(Cc2ccccc2)c(=O)oc2c3c(ccc12)OCN(CCCN1CCCC1=O)C3. The summed E-state index contributed by atoms with van der Waals surface area (Å²) in [5, 5.41) is 0.961. The summed E-state index contributed by atoms with van der Waals surface area (Å²) in [7, 11) is 0. The average molecular weight is 433 g/mol. The van der Waals surface area contributed by atoms with Gasteiger partial charge in [0.25, 0.3) is 0 Å². The Kier molecular flexibility index (Phi) is 5.70. The van der Waals surface area contributed by atoms with Crippen molar-refractivity contribution in [2.24, 2.45) is 0 Å². The summed E-state index contributed by atoms with van der Waals surface area (Å²) in [6.07, 6.45) is 3.10. The molecule has 0 bridgehead atoms. The van der Waals surface area contributed by atoms with Gasteiger partial charge in [0, 0.05) is 50.0 Å². The number of rotatable bonds is 6. The fraction of sp³-hybridized carbons (Fsp3) is 0.385. The van der Waals surface area contributed by atoms with E-state index in [0.29, 0.717) is 37.3 Å². The van der Waals surface area contributed by atoms with Crippen LogP contribution in [-0.4, -0.2) is 42.1 Å². The highest BCUT2D eigenvalue weighted by molar-refractivity contribution is 5.86. The molecular weight excluding hydrogens is 404 g/mol. The number of fused-ring (bicyclic) bond motifs is 3. The Hall–Kier alpha value is -3.12. The zero-order chi connectivity index (χ0) is 22.1. The fourth-order valence-electron chi connectivity index (χ4n) is 4.78. The van der Waals surface area contributed by atoms with E-state index in [1.807, 2.05) is 54.3 Å². The van der Waals surface area contributed by atoms with Crippen LogP contribution in [0.1, 0.15) is 41.5 Å². The van der Waals surface area contributed by atoms with E-state index in [1.165, 1.54) is 0 Å². The van der Waals surface area contributed by atoms with Gasteiger partial charge < -0.3 is 14.1 Å². The number of benzene rings is 2. The molecule has 0 N–H and O–H groups in total. The number of hydrogen-bond acceptors (Lipinski definition) is 5. The molecule has 1 saturated heterocycles. The Bertz CT molecular complexity index is 1200. The van der Waals surface area contributed by atoms with Gasteiger partial charge in [-0.15, -0.1) is 0 Å². The van der Waals surface area contributed by atoms with Gasteiger partial charge in [-0.3, -0.25) is 9.69 Å². The first-order chi connectivity index (χ1) is 15.6. The maximum Gasteiger partial charge on any atom is 0.340 e. The monoisotopic (exact) mass is 432 g/mol. The van der Waals surface area contributed by atoms with Gasteiger partial charge in [-0.05, 0) is 43.0 Å². The van der Waals surface area contributed by atoms with Gasteiger partial charge in [0.1, 0.15) is 18.1 Å². The molecule has 166 valence electrons. The number of carbonyl (C=O) groups is 1. The molecule has 1 aromatic heterocycles. The molecule has 0 saturated carbocycles. The van der Waals surface area contributed by atoms with Crippen molar-refractivity contribution in [3.8, 4) is 5.75 Å². The number of amides is 1. The summed E-state index contributed by atoms with van der Waals surface area (Å²) in [4.78, 5) is 28.9. The third-order valence-electron chi connectivity index (χ3n) is 6.60. The molecule has 3 heterocycles. The number of hydrogen-bond donors (Lipinski definition) is 0. The van der Waals surface area contributed by atoms with Gasteiger partial charge in [0.05, 0.1) is 5.56 Å². The second kappa shape index (κ2) is 8.79. The Morgan fingerprint density at radius 2 is 1.88 bits per heavy atom. The number of nitrogens with zero attached hydrogens (tertiary/aromatic N) is 2. The molecule has 6 heteroatoms. The number of aryl methyl sites for hydroxylation is 1. The van der Waals surface area contributed by atoms with Crippen LogP contribution in [0.3, 0.4) is 0 Å². The highest BCUT2D eigenvalue weighted by Gasteiger charge is 2.24. The lowest BCUT2D eigenvalue weighted by atomic mass is 9.98. The number of carbonyl (C=O) groups excluding carboxylic acids is 1. The van der Waals surface area contributed by atoms with Crippen LogP contribution in [0.4, 0.5) is 0 Å². The van der Waals surface area contributed by atoms with Gasteiger partial charge in [-0.1, -0.05) is 30.3 Å². The first-order valence-electron chi connectivity index (χ1n) is 11.3. The minimum Gasteiger partial charge on any atom is -0.478 e. The van der Waals surface area contributed by atoms with Crippen molar-refractivity contribution < 1.29 is 13.9 Å². The third kappa shape index (κ3) is 4.02. The van der Waals surface area contributed by atoms with Crippen LogP contribution >= 0.6 is 0 Å². The smallest absolute Gasteiger partial charge is 0.340 e. The van der Waals surface area contributed by atoms with Crippen LogP contribution in [0.2, 0.25) is 0 Å². The zero-order valence-corrected chi connectivity index (χ0v) is 18.4. The highest BCUT2D eigenvalue weighted by atomic mass is 16.5. The molecule has 2 aliphatic heterocycles. The van der Waals surface area contributed by atoms with Crippen molar-refractivity contribution >= 4 is 16.9 Å². The Morgan fingerprint density at radius 3 is 2.66 bits per heavy atom. The van der Waals surface area contributed by atoms with E-state index in [-0.39, 0.29) is 11.5 Å². The van der Waals surface area contributed by atoms with E-state index in [0.717, 1.165) is 60.3 Å². The van der Waals surface area contributed by atoms with E-state index in [2.05, 4.69) is 4.90 Å². The standard InChI is InChI=1S/C26H28N2O4/c1-18-20-10-11-23-22(16-27(17-31-23)12-6-14-28-13-5-9-24(28)29)25(20)32-26(30)21(18)15-19-7-3-2-4-8-19/h2-4,7-8,10-11H,5-6,9,12-17H2,1H3. The van der Waals surface area contributed by atoms with E-state index in [1.54, 1.807) is 0 Å². The van der Waals surface area contributed by atoms with Crippen molar-refractivity contribution in [1.29, 1.82) is 0 Å². The van der Waals surface area contributed by atoms with Crippen LogP contribution in [0, 0.1) is 6.92 Å². The van der Waals surface area contributed by atoms with Crippen LogP contribution < -0.4 is 10.4 Å². The minimum absolute atomic E-state index is 0.264. The molecule has 2 aliphatic rings. The largest absolute Gasteiger partial charge is 0.478 e. The molecule has 32 heavy (non-hydrogen) atoms. The average Bonchev–Trinajstić information content (AvgIpc) is 3.22. The van der Waals surface area contributed by atoms with Gasteiger partial charge in [0.2, 0.25) is 5.91 Å². The topological polar surface area (TPSA) is 63.0 Å². The first-order valence-corrected chi connectivity index (χ1v) is 11.3. The molecule has 0 unspecified atom stereocenters. The first kappa shape index (κ1) is 20.8.